The van der Waals surface area contributed by atoms with E-state index in [4.69, 9.17) is 4.84 Å². The minimum atomic E-state index is -0.135. The molecule has 0 aromatic carbocycles. The molecule has 0 spiro atoms. The molecule has 5 heteroatoms. The third-order valence-electron chi connectivity index (χ3n) is 2.26. The van der Waals surface area contributed by atoms with E-state index in [1.807, 2.05) is 7.05 Å². The van der Waals surface area contributed by atoms with Crippen molar-refractivity contribution >= 4 is 5.91 Å². The van der Waals surface area contributed by atoms with E-state index in [0.29, 0.717) is 0 Å². The number of likely N-dealkylation sites (N-methyl/N-ethyl adjacent to an activating group) is 2. The van der Waals surface area contributed by atoms with Crippen molar-refractivity contribution in [3.63, 3.8) is 0 Å². The van der Waals surface area contributed by atoms with E-state index < -0.39 is 0 Å². The molecule has 1 unspecified atom stereocenters. The fourth-order valence-electron chi connectivity index (χ4n) is 1.37. The van der Waals surface area contributed by atoms with Gasteiger partial charge in [0.1, 0.15) is 6.04 Å². The summed E-state index contributed by atoms with van der Waals surface area (Å²) >= 11 is 0. The van der Waals surface area contributed by atoms with Crippen LogP contribution in [0.25, 0.3) is 0 Å². The van der Waals surface area contributed by atoms with Crippen LogP contribution in [0.3, 0.4) is 0 Å². The highest BCUT2D eigenvalue weighted by molar-refractivity contribution is 5.81. The van der Waals surface area contributed by atoms with Gasteiger partial charge < -0.3 is 10.2 Å². The summed E-state index contributed by atoms with van der Waals surface area (Å²) in [6.45, 7) is 2.58. The highest BCUT2D eigenvalue weighted by atomic mass is 16.7. The molecule has 0 aromatic heterocycles. The summed E-state index contributed by atoms with van der Waals surface area (Å²) in [7, 11) is 5.12. The lowest BCUT2D eigenvalue weighted by atomic mass is 10.2. The Kier molecular flexibility index (Phi) is 3.65. The molecule has 76 valence electrons. The Balaban J connectivity index is 2.46. The number of nitrogens with zero attached hydrogens (tertiary/aromatic N) is 2. The van der Waals surface area contributed by atoms with Gasteiger partial charge in [-0.15, -0.1) is 0 Å². The molecule has 1 rings (SSSR count). The molecule has 5 nitrogen and oxygen atoms in total. The molecule has 1 amide bonds. The number of rotatable bonds is 2. The Morgan fingerprint density at radius 1 is 1.69 bits per heavy atom. The van der Waals surface area contributed by atoms with Crippen molar-refractivity contribution in [3.8, 4) is 0 Å². The van der Waals surface area contributed by atoms with Crippen molar-refractivity contribution in [1.29, 1.82) is 0 Å². The van der Waals surface area contributed by atoms with Gasteiger partial charge in [0, 0.05) is 26.7 Å². The van der Waals surface area contributed by atoms with Crippen LogP contribution in [0.5, 0.6) is 0 Å². The maximum atomic E-state index is 11.6. The van der Waals surface area contributed by atoms with E-state index in [-0.39, 0.29) is 11.9 Å². The lowest BCUT2D eigenvalue weighted by Gasteiger charge is -2.31. The van der Waals surface area contributed by atoms with Gasteiger partial charge in [-0.3, -0.25) is 9.63 Å². The second-order valence-corrected chi connectivity index (χ2v) is 3.29. The van der Waals surface area contributed by atoms with Crippen molar-refractivity contribution in [3.05, 3.63) is 0 Å². The molecular formula is C8H17N3O2. The van der Waals surface area contributed by atoms with E-state index in [9.17, 15) is 4.79 Å². The van der Waals surface area contributed by atoms with Gasteiger partial charge in [0.2, 0.25) is 0 Å². The maximum absolute atomic E-state index is 11.6. The Morgan fingerprint density at radius 3 is 2.92 bits per heavy atom. The summed E-state index contributed by atoms with van der Waals surface area (Å²) in [6, 6.07) is -0.135. The molecule has 0 bridgehead atoms. The second-order valence-electron chi connectivity index (χ2n) is 3.29. The van der Waals surface area contributed by atoms with Crippen LogP contribution in [-0.4, -0.2) is 62.8 Å². The Labute approximate surface area is 78.6 Å². The van der Waals surface area contributed by atoms with Gasteiger partial charge in [0.25, 0.3) is 5.91 Å². The second kappa shape index (κ2) is 4.55. The molecule has 1 fully saturated rings. The molecule has 0 radical (unpaired) electrons. The average Bonchev–Trinajstić information content (AvgIpc) is 2.15. The predicted molar refractivity (Wildman–Crippen MR) is 49.1 cm³/mol. The standard InChI is InChI=1S/C8H17N3O2/c1-10-5-4-9-7(6-10)8(12)11(2)13-3/h7,9H,4-6H2,1-3H3. The summed E-state index contributed by atoms with van der Waals surface area (Å²) in [4.78, 5) is 18.5. The quantitative estimate of drug-likeness (QED) is 0.558. The maximum Gasteiger partial charge on any atom is 0.264 e. The van der Waals surface area contributed by atoms with Crippen molar-refractivity contribution in [2.24, 2.45) is 0 Å². The van der Waals surface area contributed by atoms with Gasteiger partial charge in [-0.25, -0.2) is 5.06 Å². The summed E-state index contributed by atoms with van der Waals surface area (Å²) < 4.78 is 0. The van der Waals surface area contributed by atoms with E-state index >= 15 is 0 Å². The van der Waals surface area contributed by atoms with Crippen LogP contribution in [0, 0.1) is 0 Å². The van der Waals surface area contributed by atoms with Crippen LogP contribution in [0.2, 0.25) is 0 Å². The van der Waals surface area contributed by atoms with Crippen LogP contribution < -0.4 is 5.32 Å². The predicted octanol–water partition coefficient (Wildman–Crippen LogP) is -1.09. The number of hydrogen-bond donors (Lipinski definition) is 1. The van der Waals surface area contributed by atoms with Crippen LogP contribution in [0.1, 0.15) is 0 Å². The van der Waals surface area contributed by atoms with Crippen LogP contribution in [-0.2, 0) is 9.63 Å². The molecule has 1 atom stereocenters. The Bertz CT molecular complexity index is 186. The van der Waals surface area contributed by atoms with Gasteiger partial charge in [-0.2, -0.15) is 0 Å². The molecular weight excluding hydrogens is 170 g/mol. The largest absolute Gasteiger partial charge is 0.303 e. The molecule has 1 aliphatic rings. The molecule has 13 heavy (non-hydrogen) atoms. The fraction of sp³-hybridized carbons (Fsp3) is 0.875. The summed E-state index contributed by atoms with van der Waals surface area (Å²) in [6.07, 6.45) is 0. The van der Waals surface area contributed by atoms with Gasteiger partial charge >= 0.3 is 0 Å². The van der Waals surface area contributed by atoms with Crippen molar-refractivity contribution in [1.82, 2.24) is 15.3 Å². The van der Waals surface area contributed by atoms with Gasteiger partial charge in [0.15, 0.2) is 0 Å². The summed E-state index contributed by atoms with van der Waals surface area (Å²) in [5, 5.41) is 4.41. The first kappa shape index (κ1) is 10.4. The van der Waals surface area contributed by atoms with Gasteiger partial charge in [-0.05, 0) is 7.05 Å². The minimum absolute atomic E-state index is 0.0194. The number of nitrogens with one attached hydrogen (secondary N) is 1. The zero-order valence-corrected chi connectivity index (χ0v) is 8.41. The number of carbonyl (C=O) groups excluding carboxylic acids is 1. The number of hydroxylamine groups is 2. The van der Waals surface area contributed by atoms with Crippen LogP contribution in [0.15, 0.2) is 0 Å². The normalized spacial score (nSPS) is 24.4. The molecule has 0 aromatic rings. The lowest BCUT2D eigenvalue weighted by Crippen LogP contribution is -2.56. The fourth-order valence-corrected chi connectivity index (χ4v) is 1.37. The zero-order valence-electron chi connectivity index (χ0n) is 8.41. The first-order valence-corrected chi connectivity index (χ1v) is 4.38. The Hall–Kier alpha value is -0.650. The summed E-state index contributed by atoms with van der Waals surface area (Å²) in [5.41, 5.74) is 0. The highest BCUT2D eigenvalue weighted by Gasteiger charge is 2.25. The number of carbonyl (C=O) groups is 1. The smallest absolute Gasteiger partial charge is 0.264 e. The Morgan fingerprint density at radius 2 is 2.38 bits per heavy atom. The van der Waals surface area contributed by atoms with E-state index in [1.54, 1.807) is 7.05 Å². The monoisotopic (exact) mass is 187 g/mol. The number of piperazine rings is 1. The number of hydrogen-bond acceptors (Lipinski definition) is 4. The van der Waals surface area contributed by atoms with Crippen molar-refractivity contribution in [2.75, 3.05) is 40.8 Å². The van der Waals surface area contributed by atoms with Crippen molar-refractivity contribution in [2.45, 2.75) is 6.04 Å². The van der Waals surface area contributed by atoms with E-state index in [0.717, 1.165) is 19.6 Å². The zero-order chi connectivity index (χ0) is 9.84. The highest BCUT2D eigenvalue weighted by Crippen LogP contribution is 1.99. The van der Waals surface area contributed by atoms with Crippen LogP contribution >= 0.6 is 0 Å². The SMILES string of the molecule is CON(C)C(=O)C1CN(C)CCN1. The van der Waals surface area contributed by atoms with Crippen molar-refractivity contribution < 1.29 is 9.63 Å². The lowest BCUT2D eigenvalue weighted by molar-refractivity contribution is -0.172. The minimum Gasteiger partial charge on any atom is -0.303 e. The third-order valence-corrected chi connectivity index (χ3v) is 2.26. The number of amides is 1. The van der Waals surface area contributed by atoms with Gasteiger partial charge in [-0.1, -0.05) is 0 Å². The first-order valence-electron chi connectivity index (χ1n) is 4.38. The molecule has 1 N–H and O–H groups in total. The third kappa shape index (κ3) is 2.65. The van der Waals surface area contributed by atoms with E-state index in [1.165, 1.54) is 12.2 Å². The van der Waals surface area contributed by atoms with Gasteiger partial charge in [0.05, 0.1) is 7.11 Å². The molecule has 0 aliphatic carbocycles. The molecule has 0 saturated carbocycles. The first-order chi connectivity index (χ1) is 6.15. The topological polar surface area (TPSA) is 44.8 Å². The molecule has 1 saturated heterocycles. The average molecular weight is 187 g/mol. The summed E-state index contributed by atoms with van der Waals surface area (Å²) in [5.74, 6) is -0.0194. The van der Waals surface area contributed by atoms with Crippen LogP contribution in [0.4, 0.5) is 0 Å². The molecule has 1 heterocycles. The molecule has 1 aliphatic heterocycles. The van der Waals surface area contributed by atoms with E-state index in [2.05, 4.69) is 10.2 Å².